The van der Waals surface area contributed by atoms with E-state index in [2.05, 4.69) is 15.7 Å². The van der Waals surface area contributed by atoms with E-state index in [0.29, 0.717) is 0 Å². The van der Waals surface area contributed by atoms with Gasteiger partial charge in [0.2, 0.25) is 11.9 Å². The quantitative estimate of drug-likeness (QED) is 0.484. The molecule has 0 radical (unpaired) electrons. The summed E-state index contributed by atoms with van der Waals surface area (Å²) in [6, 6.07) is 0. The van der Waals surface area contributed by atoms with Gasteiger partial charge in [0.05, 0.1) is 0 Å². The Bertz CT molecular complexity index is 318. The number of amides is 1. The van der Waals surface area contributed by atoms with Gasteiger partial charge in [-0.3, -0.25) is 4.79 Å². The molecule has 0 bridgehead atoms. The van der Waals surface area contributed by atoms with Crippen molar-refractivity contribution < 1.29 is 18.0 Å². The standard InChI is InChI=1S/C5H2F3N3O/c6-2-1(4(9)12)3(7)11-5(8)10-2/h(H2,9,12). The minimum Gasteiger partial charge on any atom is -0.365 e. The molecule has 1 aromatic heterocycles. The van der Waals surface area contributed by atoms with Crippen molar-refractivity contribution in [2.75, 3.05) is 0 Å². The third-order valence-electron chi connectivity index (χ3n) is 1.04. The Morgan fingerprint density at radius 2 is 1.58 bits per heavy atom. The van der Waals surface area contributed by atoms with E-state index in [9.17, 15) is 18.0 Å². The number of halogens is 3. The fourth-order valence-electron chi connectivity index (χ4n) is 0.587. The Morgan fingerprint density at radius 1 is 1.17 bits per heavy atom. The highest BCUT2D eigenvalue weighted by Gasteiger charge is 2.18. The van der Waals surface area contributed by atoms with Crippen molar-refractivity contribution in [3.05, 3.63) is 23.5 Å². The summed E-state index contributed by atoms with van der Waals surface area (Å²) in [4.78, 5) is 15.2. The molecule has 0 aliphatic rings. The maximum atomic E-state index is 12.4. The zero-order chi connectivity index (χ0) is 9.30. The number of carbonyl (C=O) groups is 1. The van der Waals surface area contributed by atoms with Crippen molar-refractivity contribution in [1.29, 1.82) is 0 Å². The molecule has 0 aliphatic carbocycles. The number of carbonyl (C=O) groups excluding carboxylic acids is 1. The predicted octanol–water partition coefficient (Wildman–Crippen LogP) is -0.00720. The van der Waals surface area contributed by atoms with Crippen LogP contribution in [0.1, 0.15) is 10.4 Å². The van der Waals surface area contributed by atoms with Crippen LogP contribution in [0.25, 0.3) is 0 Å². The second-order valence-electron chi connectivity index (χ2n) is 1.81. The largest absolute Gasteiger partial charge is 0.365 e. The van der Waals surface area contributed by atoms with Crippen LogP contribution in [0, 0.1) is 18.0 Å². The van der Waals surface area contributed by atoms with Crippen LogP contribution in [0.15, 0.2) is 0 Å². The van der Waals surface area contributed by atoms with Gasteiger partial charge in [0, 0.05) is 0 Å². The van der Waals surface area contributed by atoms with Gasteiger partial charge in [-0.15, -0.1) is 0 Å². The molecule has 7 heteroatoms. The van der Waals surface area contributed by atoms with Gasteiger partial charge in [-0.25, -0.2) is 0 Å². The molecule has 1 amide bonds. The predicted molar refractivity (Wildman–Crippen MR) is 30.4 cm³/mol. The SMILES string of the molecule is NC(=O)c1c(F)nc(F)nc1F. The zero-order valence-corrected chi connectivity index (χ0v) is 5.51. The molecule has 1 aromatic rings. The molecule has 0 atom stereocenters. The summed E-state index contributed by atoms with van der Waals surface area (Å²) < 4.78 is 36.9. The lowest BCUT2D eigenvalue weighted by Crippen LogP contribution is -2.18. The summed E-state index contributed by atoms with van der Waals surface area (Å²) in [5, 5.41) is 0. The van der Waals surface area contributed by atoms with Gasteiger partial charge in [0.15, 0.2) is 0 Å². The first-order valence-electron chi connectivity index (χ1n) is 2.70. The van der Waals surface area contributed by atoms with Gasteiger partial charge in [0.1, 0.15) is 5.56 Å². The maximum Gasteiger partial charge on any atom is 0.313 e. The van der Waals surface area contributed by atoms with Crippen molar-refractivity contribution in [2.45, 2.75) is 0 Å². The Hall–Kier alpha value is -1.66. The summed E-state index contributed by atoms with van der Waals surface area (Å²) >= 11 is 0. The minimum atomic E-state index is -1.60. The van der Waals surface area contributed by atoms with Crippen LogP contribution >= 0.6 is 0 Å². The van der Waals surface area contributed by atoms with Crippen molar-refractivity contribution >= 4 is 5.91 Å². The summed E-state index contributed by atoms with van der Waals surface area (Å²) in [6.07, 6.45) is -1.59. The van der Waals surface area contributed by atoms with E-state index >= 15 is 0 Å². The Kier molecular flexibility index (Phi) is 1.94. The van der Waals surface area contributed by atoms with Gasteiger partial charge >= 0.3 is 6.08 Å². The molecular formula is C5H2F3N3O. The Morgan fingerprint density at radius 3 is 1.92 bits per heavy atom. The molecule has 0 spiro atoms. The monoisotopic (exact) mass is 177 g/mol. The smallest absolute Gasteiger partial charge is 0.313 e. The first-order chi connectivity index (χ1) is 5.52. The van der Waals surface area contributed by atoms with Crippen molar-refractivity contribution in [3.63, 3.8) is 0 Å². The second kappa shape index (κ2) is 2.76. The highest BCUT2D eigenvalue weighted by Crippen LogP contribution is 2.06. The van der Waals surface area contributed by atoms with E-state index < -0.39 is 29.4 Å². The molecule has 0 saturated heterocycles. The van der Waals surface area contributed by atoms with E-state index in [0.717, 1.165) is 0 Å². The van der Waals surface area contributed by atoms with Gasteiger partial charge < -0.3 is 5.73 Å². The minimum absolute atomic E-state index is 1.14. The zero-order valence-electron chi connectivity index (χ0n) is 5.51. The van der Waals surface area contributed by atoms with Gasteiger partial charge in [0.25, 0.3) is 5.91 Å². The molecule has 64 valence electrons. The first kappa shape index (κ1) is 8.44. The van der Waals surface area contributed by atoms with E-state index in [-0.39, 0.29) is 0 Å². The van der Waals surface area contributed by atoms with Crippen molar-refractivity contribution in [1.82, 2.24) is 9.97 Å². The number of rotatable bonds is 1. The van der Waals surface area contributed by atoms with Crippen LogP contribution < -0.4 is 5.73 Å². The molecule has 4 nitrogen and oxygen atoms in total. The van der Waals surface area contributed by atoms with Crippen LogP contribution in [-0.2, 0) is 0 Å². The number of nitrogens with zero attached hydrogens (tertiary/aromatic N) is 2. The fourth-order valence-corrected chi connectivity index (χ4v) is 0.587. The van der Waals surface area contributed by atoms with Gasteiger partial charge in [-0.2, -0.15) is 23.1 Å². The molecular weight excluding hydrogens is 175 g/mol. The van der Waals surface area contributed by atoms with E-state index in [1.807, 2.05) is 0 Å². The van der Waals surface area contributed by atoms with Crippen LogP contribution in [0.2, 0.25) is 0 Å². The van der Waals surface area contributed by atoms with Gasteiger partial charge in [-0.1, -0.05) is 0 Å². The molecule has 0 aliphatic heterocycles. The second-order valence-corrected chi connectivity index (χ2v) is 1.81. The summed E-state index contributed by atoms with van der Waals surface area (Å²) in [6.45, 7) is 0. The maximum absolute atomic E-state index is 12.4. The molecule has 0 fully saturated rings. The molecule has 1 rings (SSSR count). The highest BCUT2D eigenvalue weighted by atomic mass is 19.2. The van der Waals surface area contributed by atoms with Crippen molar-refractivity contribution in [2.24, 2.45) is 5.73 Å². The summed E-state index contributed by atoms with van der Waals surface area (Å²) in [5.41, 5.74) is 3.40. The molecule has 2 N–H and O–H groups in total. The lowest BCUT2D eigenvalue weighted by molar-refractivity contribution is 0.0989. The van der Waals surface area contributed by atoms with E-state index in [4.69, 9.17) is 0 Å². The average Bonchev–Trinajstić information content (AvgIpc) is 1.82. The lowest BCUT2D eigenvalue weighted by atomic mass is 10.3. The number of primary amides is 1. The highest BCUT2D eigenvalue weighted by molar-refractivity contribution is 5.92. The molecule has 0 aromatic carbocycles. The van der Waals surface area contributed by atoms with Crippen LogP contribution in [0.3, 0.4) is 0 Å². The van der Waals surface area contributed by atoms with Crippen LogP contribution in [0.4, 0.5) is 13.2 Å². The molecule has 1 heterocycles. The van der Waals surface area contributed by atoms with Gasteiger partial charge in [-0.05, 0) is 0 Å². The third kappa shape index (κ3) is 1.34. The van der Waals surface area contributed by atoms with E-state index in [1.54, 1.807) is 0 Å². The Labute approximate surface area is 64.2 Å². The van der Waals surface area contributed by atoms with Crippen molar-refractivity contribution in [3.8, 4) is 0 Å². The molecule has 0 unspecified atom stereocenters. The number of aromatic nitrogens is 2. The fraction of sp³-hybridized carbons (Fsp3) is 0. The molecule has 0 saturated carbocycles. The van der Waals surface area contributed by atoms with E-state index in [1.165, 1.54) is 0 Å². The average molecular weight is 177 g/mol. The summed E-state index contributed by atoms with van der Waals surface area (Å²) in [7, 11) is 0. The number of hydrogen-bond acceptors (Lipinski definition) is 3. The summed E-state index contributed by atoms with van der Waals surface area (Å²) in [5.74, 6) is -4.59. The molecule has 12 heavy (non-hydrogen) atoms. The van der Waals surface area contributed by atoms with Crippen LogP contribution in [-0.4, -0.2) is 15.9 Å². The number of hydrogen-bond donors (Lipinski definition) is 1. The first-order valence-corrected chi connectivity index (χ1v) is 2.70. The topological polar surface area (TPSA) is 68.9 Å². The normalized spacial score (nSPS) is 9.92. The number of nitrogens with two attached hydrogens (primary N) is 1. The van der Waals surface area contributed by atoms with Crippen LogP contribution in [0.5, 0.6) is 0 Å². The lowest BCUT2D eigenvalue weighted by Gasteiger charge is -1.97. The third-order valence-corrected chi connectivity index (χ3v) is 1.04. The Balaban J connectivity index is 3.38.